The van der Waals surface area contributed by atoms with Gasteiger partial charge in [0.1, 0.15) is 12.1 Å². The lowest BCUT2D eigenvalue weighted by molar-refractivity contribution is -0.141. The van der Waals surface area contributed by atoms with Gasteiger partial charge in [0.2, 0.25) is 11.8 Å². The smallest absolute Gasteiger partial charge is 0.243 e. The van der Waals surface area contributed by atoms with Crippen LogP contribution in [0.25, 0.3) is 0 Å². The van der Waals surface area contributed by atoms with Crippen LogP contribution in [0.1, 0.15) is 52.9 Å². The summed E-state index contributed by atoms with van der Waals surface area (Å²) in [5.41, 5.74) is -0.239. The lowest BCUT2D eigenvalue weighted by Gasteiger charge is -2.40. The van der Waals surface area contributed by atoms with Crippen molar-refractivity contribution in [2.24, 2.45) is 11.3 Å². The molecule has 0 radical (unpaired) electrons. The monoisotopic (exact) mass is 252 g/mol. The van der Waals surface area contributed by atoms with Crippen LogP contribution in [0.4, 0.5) is 0 Å². The molecule has 2 atom stereocenters. The minimum atomic E-state index is -0.412. The molecule has 2 amide bonds. The Balaban J connectivity index is 2.05. The van der Waals surface area contributed by atoms with E-state index in [2.05, 4.69) is 10.6 Å². The van der Waals surface area contributed by atoms with E-state index in [-0.39, 0.29) is 23.3 Å². The number of hydrogen-bond donors (Lipinski definition) is 2. The summed E-state index contributed by atoms with van der Waals surface area (Å²) in [5.74, 6) is 0.294. The van der Waals surface area contributed by atoms with E-state index in [9.17, 15) is 9.59 Å². The topological polar surface area (TPSA) is 58.2 Å². The van der Waals surface area contributed by atoms with Crippen LogP contribution in [-0.2, 0) is 9.59 Å². The van der Waals surface area contributed by atoms with Gasteiger partial charge >= 0.3 is 0 Å². The quantitative estimate of drug-likeness (QED) is 0.744. The molecule has 0 spiro atoms. The number of amides is 2. The molecule has 2 aliphatic rings. The van der Waals surface area contributed by atoms with Crippen molar-refractivity contribution in [3.8, 4) is 0 Å². The van der Waals surface area contributed by atoms with Crippen LogP contribution in [0.5, 0.6) is 0 Å². The fraction of sp³-hybridized carbons (Fsp3) is 0.857. The average molecular weight is 252 g/mol. The molecule has 1 heterocycles. The Bertz CT molecular complexity index is 340. The summed E-state index contributed by atoms with van der Waals surface area (Å²) in [6, 6.07) is -0.721. The first-order chi connectivity index (χ1) is 8.39. The minimum Gasteiger partial charge on any atom is -0.342 e. The maximum atomic E-state index is 12.2. The number of hydrogen-bond acceptors (Lipinski definition) is 2. The molecule has 2 fully saturated rings. The minimum absolute atomic E-state index is 0.00132. The Labute approximate surface area is 109 Å². The van der Waals surface area contributed by atoms with E-state index < -0.39 is 6.04 Å². The zero-order valence-corrected chi connectivity index (χ0v) is 11.6. The highest BCUT2D eigenvalue weighted by Gasteiger charge is 2.42. The molecule has 0 aromatic carbocycles. The summed E-state index contributed by atoms with van der Waals surface area (Å²) in [4.78, 5) is 24.3. The van der Waals surface area contributed by atoms with Gasteiger partial charge in [-0.1, -0.05) is 40.0 Å². The van der Waals surface area contributed by atoms with Crippen LogP contribution in [-0.4, -0.2) is 23.9 Å². The van der Waals surface area contributed by atoms with Gasteiger partial charge in [0.15, 0.2) is 0 Å². The van der Waals surface area contributed by atoms with Crippen molar-refractivity contribution >= 4 is 11.8 Å². The third-order valence-corrected chi connectivity index (χ3v) is 4.12. The van der Waals surface area contributed by atoms with Gasteiger partial charge in [0, 0.05) is 0 Å². The fourth-order valence-electron chi connectivity index (χ4n) is 3.01. The zero-order valence-electron chi connectivity index (χ0n) is 11.6. The molecule has 102 valence electrons. The molecule has 2 rings (SSSR count). The highest BCUT2D eigenvalue weighted by molar-refractivity contribution is 5.97. The van der Waals surface area contributed by atoms with Gasteiger partial charge in [-0.05, 0) is 24.2 Å². The molecule has 4 heteroatoms. The molecule has 2 unspecified atom stereocenters. The summed E-state index contributed by atoms with van der Waals surface area (Å²) in [6.45, 7) is 5.91. The number of carbonyl (C=O) groups is 2. The normalized spacial score (nSPS) is 30.8. The van der Waals surface area contributed by atoms with Crippen LogP contribution >= 0.6 is 0 Å². The van der Waals surface area contributed by atoms with Crippen LogP contribution in [0, 0.1) is 11.3 Å². The van der Waals surface area contributed by atoms with E-state index >= 15 is 0 Å². The summed E-state index contributed by atoms with van der Waals surface area (Å²) in [5, 5.41) is 5.84. The van der Waals surface area contributed by atoms with Gasteiger partial charge < -0.3 is 10.6 Å². The molecule has 0 aromatic rings. The Morgan fingerprint density at radius 3 is 2.11 bits per heavy atom. The molecule has 4 nitrogen and oxygen atoms in total. The first kappa shape index (κ1) is 13.4. The Hall–Kier alpha value is -1.06. The Morgan fingerprint density at radius 1 is 0.944 bits per heavy atom. The molecule has 1 aliphatic heterocycles. The van der Waals surface area contributed by atoms with E-state index in [0.717, 1.165) is 12.8 Å². The predicted octanol–water partition coefficient (Wildman–Crippen LogP) is 1.60. The van der Waals surface area contributed by atoms with Crippen molar-refractivity contribution in [1.82, 2.24) is 10.6 Å². The molecule has 0 aromatic heterocycles. The van der Waals surface area contributed by atoms with Crippen molar-refractivity contribution in [3.63, 3.8) is 0 Å². The second-order valence-corrected chi connectivity index (χ2v) is 6.69. The van der Waals surface area contributed by atoms with E-state index in [0.29, 0.717) is 5.92 Å². The van der Waals surface area contributed by atoms with Crippen molar-refractivity contribution in [2.45, 2.75) is 65.0 Å². The van der Waals surface area contributed by atoms with Crippen molar-refractivity contribution < 1.29 is 9.59 Å². The first-order valence-electron chi connectivity index (χ1n) is 7.00. The largest absolute Gasteiger partial charge is 0.342 e. The van der Waals surface area contributed by atoms with E-state index in [4.69, 9.17) is 0 Å². The number of piperazine rings is 1. The predicted molar refractivity (Wildman–Crippen MR) is 69.9 cm³/mol. The number of carbonyl (C=O) groups excluding carboxylic acids is 2. The van der Waals surface area contributed by atoms with Crippen LogP contribution in [0.2, 0.25) is 0 Å². The Morgan fingerprint density at radius 2 is 1.56 bits per heavy atom. The average Bonchev–Trinajstić information content (AvgIpc) is 2.31. The maximum Gasteiger partial charge on any atom is 0.243 e. The van der Waals surface area contributed by atoms with Gasteiger partial charge in [0.05, 0.1) is 0 Å². The van der Waals surface area contributed by atoms with Crippen LogP contribution < -0.4 is 10.6 Å². The van der Waals surface area contributed by atoms with E-state index in [1.165, 1.54) is 19.3 Å². The van der Waals surface area contributed by atoms with E-state index in [1.54, 1.807) is 0 Å². The standard InChI is InChI=1S/C14H24N2O2/c1-14(2,3)11-13(18)15-10(12(17)16-11)9-7-5-4-6-8-9/h9-11H,4-8H2,1-3H3,(H,15,18)(H,16,17). The maximum absolute atomic E-state index is 12.2. The highest BCUT2D eigenvalue weighted by Crippen LogP contribution is 2.29. The van der Waals surface area contributed by atoms with Crippen LogP contribution in [0.15, 0.2) is 0 Å². The summed E-state index contributed by atoms with van der Waals surface area (Å²) in [6.07, 6.45) is 5.71. The zero-order chi connectivity index (χ0) is 13.3. The van der Waals surface area contributed by atoms with Gasteiger partial charge in [-0.3, -0.25) is 9.59 Å². The van der Waals surface area contributed by atoms with Crippen molar-refractivity contribution in [2.75, 3.05) is 0 Å². The Kier molecular flexibility index (Phi) is 3.64. The second-order valence-electron chi connectivity index (χ2n) is 6.69. The number of rotatable bonds is 1. The molecule has 2 N–H and O–H groups in total. The van der Waals surface area contributed by atoms with Gasteiger partial charge in [0.25, 0.3) is 0 Å². The third-order valence-electron chi connectivity index (χ3n) is 4.12. The summed E-state index contributed by atoms with van der Waals surface area (Å²) < 4.78 is 0. The molecule has 0 bridgehead atoms. The first-order valence-corrected chi connectivity index (χ1v) is 7.00. The second kappa shape index (κ2) is 4.90. The summed E-state index contributed by atoms with van der Waals surface area (Å²) in [7, 11) is 0. The van der Waals surface area contributed by atoms with Crippen LogP contribution in [0.3, 0.4) is 0 Å². The summed E-state index contributed by atoms with van der Waals surface area (Å²) >= 11 is 0. The third kappa shape index (κ3) is 2.68. The van der Waals surface area contributed by atoms with Gasteiger partial charge in [-0.2, -0.15) is 0 Å². The lowest BCUT2D eigenvalue weighted by atomic mass is 9.80. The molecular weight excluding hydrogens is 228 g/mol. The van der Waals surface area contributed by atoms with Gasteiger partial charge in [-0.15, -0.1) is 0 Å². The molecule has 1 saturated heterocycles. The molecule has 1 aliphatic carbocycles. The fourth-order valence-corrected chi connectivity index (χ4v) is 3.01. The van der Waals surface area contributed by atoms with Crippen molar-refractivity contribution in [1.29, 1.82) is 0 Å². The van der Waals surface area contributed by atoms with E-state index in [1.807, 2.05) is 20.8 Å². The van der Waals surface area contributed by atoms with Gasteiger partial charge in [-0.25, -0.2) is 0 Å². The SMILES string of the molecule is CC(C)(C)C1NC(=O)C(C2CCCCC2)NC1=O. The number of nitrogens with one attached hydrogen (secondary N) is 2. The van der Waals surface area contributed by atoms with Crippen molar-refractivity contribution in [3.05, 3.63) is 0 Å². The highest BCUT2D eigenvalue weighted by atomic mass is 16.2. The lowest BCUT2D eigenvalue weighted by Crippen LogP contribution is -2.67. The molecule has 1 saturated carbocycles. The molecule has 18 heavy (non-hydrogen) atoms. The molecular formula is C14H24N2O2.